The molecule has 1 aromatic rings. The van der Waals surface area contributed by atoms with Crippen molar-refractivity contribution in [2.24, 2.45) is 4.99 Å². The molecule has 126 valence electrons. The Balaban J connectivity index is 0.00000441. The smallest absolute Gasteiger partial charge is 0.191 e. The fourth-order valence-electron chi connectivity index (χ4n) is 1.85. The van der Waals surface area contributed by atoms with Crippen LogP contribution in [0, 0.1) is 0 Å². The second-order valence-electron chi connectivity index (χ2n) is 4.96. The van der Waals surface area contributed by atoms with Gasteiger partial charge >= 0.3 is 0 Å². The van der Waals surface area contributed by atoms with Crippen LogP contribution in [-0.2, 0) is 10.3 Å². The van der Waals surface area contributed by atoms with E-state index in [4.69, 9.17) is 4.74 Å². The summed E-state index contributed by atoms with van der Waals surface area (Å²) < 4.78 is 5.28. The number of hydrogen-bond acceptors (Lipinski definition) is 3. The molecule has 6 heteroatoms. The number of aliphatic imine (C=N–C) groups is 1. The summed E-state index contributed by atoms with van der Waals surface area (Å²) in [6, 6.07) is 9.58. The van der Waals surface area contributed by atoms with Gasteiger partial charge in [-0.15, -0.1) is 24.0 Å². The summed E-state index contributed by atoms with van der Waals surface area (Å²) in [5.74, 6) is 0.688. The van der Waals surface area contributed by atoms with Crippen LogP contribution in [0.15, 0.2) is 35.3 Å². The van der Waals surface area contributed by atoms with Crippen LogP contribution in [0.4, 0.5) is 0 Å². The van der Waals surface area contributed by atoms with E-state index in [2.05, 4.69) is 15.6 Å². The quantitative estimate of drug-likeness (QED) is 0.260. The van der Waals surface area contributed by atoms with E-state index in [9.17, 15) is 5.11 Å². The fraction of sp³-hybridized carbons (Fsp3) is 0.562. The zero-order chi connectivity index (χ0) is 15.6. The Morgan fingerprint density at radius 1 is 1.23 bits per heavy atom. The van der Waals surface area contributed by atoms with E-state index in [-0.39, 0.29) is 24.0 Å². The molecule has 0 saturated heterocycles. The second-order valence-corrected chi connectivity index (χ2v) is 4.96. The van der Waals surface area contributed by atoms with Gasteiger partial charge in [-0.2, -0.15) is 0 Å². The van der Waals surface area contributed by atoms with E-state index in [1.165, 1.54) is 0 Å². The van der Waals surface area contributed by atoms with E-state index in [1.807, 2.05) is 44.2 Å². The van der Waals surface area contributed by atoms with Crippen molar-refractivity contribution in [2.45, 2.75) is 26.4 Å². The highest BCUT2D eigenvalue weighted by Gasteiger charge is 2.22. The minimum Gasteiger partial charge on any atom is -0.384 e. The van der Waals surface area contributed by atoms with E-state index < -0.39 is 5.60 Å². The molecule has 1 aromatic carbocycles. The molecule has 0 radical (unpaired) electrons. The molecule has 0 aliphatic heterocycles. The lowest BCUT2D eigenvalue weighted by Crippen LogP contribution is -2.40. The molecule has 0 bridgehead atoms. The van der Waals surface area contributed by atoms with Crippen LogP contribution in [-0.4, -0.2) is 43.9 Å². The van der Waals surface area contributed by atoms with Crippen LogP contribution in [0.25, 0.3) is 0 Å². The normalized spacial score (nSPS) is 13.9. The van der Waals surface area contributed by atoms with E-state index in [0.29, 0.717) is 32.3 Å². The topological polar surface area (TPSA) is 65.9 Å². The molecular weight excluding hydrogens is 393 g/mol. The van der Waals surface area contributed by atoms with Crippen LogP contribution in [0.5, 0.6) is 0 Å². The summed E-state index contributed by atoms with van der Waals surface area (Å²) in [5, 5.41) is 16.9. The van der Waals surface area contributed by atoms with Gasteiger partial charge in [-0.25, -0.2) is 4.99 Å². The molecule has 3 N–H and O–H groups in total. The molecule has 0 aromatic heterocycles. The summed E-state index contributed by atoms with van der Waals surface area (Å²) >= 11 is 0. The van der Waals surface area contributed by atoms with Crippen LogP contribution >= 0.6 is 24.0 Å². The summed E-state index contributed by atoms with van der Waals surface area (Å²) in [6.07, 6.45) is 0. The number of nitrogens with one attached hydrogen (secondary N) is 2. The molecule has 1 rings (SSSR count). The van der Waals surface area contributed by atoms with Crippen LogP contribution in [0.2, 0.25) is 0 Å². The lowest BCUT2D eigenvalue weighted by atomic mass is 9.96. The Morgan fingerprint density at radius 3 is 2.50 bits per heavy atom. The van der Waals surface area contributed by atoms with Crippen molar-refractivity contribution < 1.29 is 9.84 Å². The zero-order valence-electron chi connectivity index (χ0n) is 13.6. The Hall–Kier alpha value is -0.860. The molecular formula is C16H28IN3O2. The Bertz CT molecular complexity index is 425. The standard InChI is InChI=1S/C16H27N3O2.HI/c1-4-17-15(18-11-12-21-5-2)19-13-16(3,20)14-9-7-6-8-10-14;/h6-10,20H,4-5,11-13H2,1-3H3,(H2,17,18,19);1H. The van der Waals surface area contributed by atoms with Gasteiger partial charge in [-0.3, -0.25) is 0 Å². The highest BCUT2D eigenvalue weighted by atomic mass is 127. The van der Waals surface area contributed by atoms with Crippen molar-refractivity contribution in [3.63, 3.8) is 0 Å². The number of aliphatic hydroxyl groups is 1. The first kappa shape index (κ1) is 21.1. The van der Waals surface area contributed by atoms with Crippen LogP contribution < -0.4 is 10.6 Å². The second kappa shape index (κ2) is 11.7. The monoisotopic (exact) mass is 421 g/mol. The first-order valence-electron chi connectivity index (χ1n) is 7.48. The third-order valence-electron chi connectivity index (χ3n) is 3.03. The van der Waals surface area contributed by atoms with Gasteiger partial charge in [0.15, 0.2) is 5.96 Å². The molecule has 0 aliphatic carbocycles. The van der Waals surface area contributed by atoms with Gasteiger partial charge < -0.3 is 20.5 Å². The summed E-state index contributed by atoms with van der Waals surface area (Å²) in [5.41, 5.74) is -0.123. The molecule has 0 spiro atoms. The Morgan fingerprint density at radius 2 is 1.91 bits per heavy atom. The first-order chi connectivity index (χ1) is 10.1. The van der Waals surface area contributed by atoms with Gasteiger partial charge in [0.1, 0.15) is 5.60 Å². The predicted molar refractivity (Wildman–Crippen MR) is 102 cm³/mol. The molecule has 0 amide bonds. The third kappa shape index (κ3) is 7.95. The number of benzene rings is 1. The van der Waals surface area contributed by atoms with Crippen molar-refractivity contribution in [1.29, 1.82) is 0 Å². The number of nitrogens with zero attached hydrogens (tertiary/aromatic N) is 1. The maximum atomic E-state index is 10.5. The number of ether oxygens (including phenoxy) is 1. The lowest BCUT2D eigenvalue weighted by Gasteiger charge is -2.22. The van der Waals surface area contributed by atoms with Crippen LogP contribution in [0.3, 0.4) is 0 Å². The average Bonchev–Trinajstić information content (AvgIpc) is 2.50. The van der Waals surface area contributed by atoms with E-state index >= 15 is 0 Å². The van der Waals surface area contributed by atoms with Crippen LogP contribution in [0.1, 0.15) is 26.3 Å². The summed E-state index contributed by atoms with van der Waals surface area (Å²) in [7, 11) is 0. The Kier molecular flexibility index (Phi) is 11.2. The van der Waals surface area contributed by atoms with Gasteiger partial charge in [0.2, 0.25) is 0 Å². The van der Waals surface area contributed by atoms with Gasteiger partial charge in [0.05, 0.1) is 13.2 Å². The van der Waals surface area contributed by atoms with Gasteiger partial charge in [0, 0.05) is 19.7 Å². The van der Waals surface area contributed by atoms with Crippen molar-refractivity contribution in [1.82, 2.24) is 10.6 Å². The Labute approximate surface area is 150 Å². The minimum atomic E-state index is -0.983. The zero-order valence-corrected chi connectivity index (χ0v) is 16.0. The van der Waals surface area contributed by atoms with Crippen molar-refractivity contribution in [2.75, 3.05) is 32.8 Å². The van der Waals surface area contributed by atoms with E-state index in [0.717, 1.165) is 12.1 Å². The number of guanidine groups is 1. The minimum absolute atomic E-state index is 0. The highest BCUT2D eigenvalue weighted by Crippen LogP contribution is 2.20. The first-order valence-corrected chi connectivity index (χ1v) is 7.48. The molecule has 22 heavy (non-hydrogen) atoms. The van der Waals surface area contributed by atoms with E-state index in [1.54, 1.807) is 6.92 Å². The SMILES string of the molecule is CCNC(=NCC(C)(O)c1ccccc1)NCCOCC.I. The molecule has 0 aliphatic rings. The summed E-state index contributed by atoms with van der Waals surface area (Å²) in [4.78, 5) is 4.45. The molecule has 1 unspecified atom stereocenters. The molecule has 0 heterocycles. The molecule has 5 nitrogen and oxygen atoms in total. The fourth-order valence-corrected chi connectivity index (χ4v) is 1.85. The molecule has 0 saturated carbocycles. The number of hydrogen-bond donors (Lipinski definition) is 3. The largest absolute Gasteiger partial charge is 0.384 e. The van der Waals surface area contributed by atoms with Gasteiger partial charge in [-0.05, 0) is 26.3 Å². The lowest BCUT2D eigenvalue weighted by molar-refractivity contribution is 0.0672. The average molecular weight is 421 g/mol. The maximum absolute atomic E-state index is 10.5. The number of rotatable bonds is 8. The third-order valence-corrected chi connectivity index (χ3v) is 3.03. The van der Waals surface area contributed by atoms with Crippen molar-refractivity contribution in [3.05, 3.63) is 35.9 Å². The summed E-state index contributed by atoms with van der Waals surface area (Å²) in [6.45, 7) is 8.84. The van der Waals surface area contributed by atoms with Crippen molar-refractivity contribution in [3.8, 4) is 0 Å². The van der Waals surface area contributed by atoms with Crippen molar-refractivity contribution >= 4 is 29.9 Å². The van der Waals surface area contributed by atoms with Gasteiger partial charge in [0.25, 0.3) is 0 Å². The predicted octanol–water partition coefficient (Wildman–Crippen LogP) is 2.10. The molecule has 1 atom stereocenters. The number of halogens is 1. The molecule has 0 fully saturated rings. The van der Waals surface area contributed by atoms with Gasteiger partial charge in [-0.1, -0.05) is 30.3 Å². The highest BCUT2D eigenvalue weighted by molar-refractivity contribution is 14.0. The maximum Gasteiger partial charge on any atom is 0.191 e.